The third-order valence-corrected chi connectivity index (χ3v) is 5.78. The number of hydrogen-bond acceptors (Lipinski definition) is 7. The first-order chi connectivity index (χ1) is 14.4. The zero-order valence-electron chi connectivity index (χ0n) is 17.2. The lowest BCUT2D eigenvalue weighted by Gasteiger charge is -2.24. The van der Waals surface area contributed by atoms with Crippen molar-refractivity contribution >= 4 is 21.7 Å². The molecule has 0 N–H and O–H groups in total. The smallest absolute Gasteiger partial charge is 0.326 e. The first-order valence-corrected chi connectivity index (χ1v) is 10.6. The molecule has 2 aromatic carbocycles. The van der Waals surface area contributed by atoms with Crippen LogP contribution < -0.4 is 18.5 Å². The van der Waals surface area contributed by atoms with Gasteiger partial charge in [0.15, 0.2) is 11.5 Å². The van der Waals surface area contributed by atoms with E-state index in [1.54, 1.807) is 37.3 Å². The molecule has 162 valence electrons. The summed E-state index contributed by atoms with van der Waals surface area (Å²) in [5.41, 5.74) is 0.281. The summed E-state index contributed by atoms with van der Waals surface area (Å²) < 4.78 is 48.5. The van der Waals surface area contributed by atoms with Crippen LogP contribution in [0.25, 0.3) is 0 Å². The van der Waals surface area contributed by atoms with Crippen LogP contribution in [-0.2, 0) is 19.6 Å². The molecular formula is C21H25NO7S. The molecule has 0 spiro atoms. The highest BCUT2D eigenvalue weighted by molar-refractivity contribution is 7.92. The van der Waals surface area contributed by atoms with Crippen LogP contribution in [-0.4, -0.2) is 48.4 Å². The van der Waals surface area contributed by atoms with Gasteiger partial charge in [0, 0.05) is 6.07 Å². The topological polar surface area (TPSA) is 91.4 Å². The maximum Gasteiger partial charge on any atom is 0.326 e. The van der Waals surface area contributed by atoms with Crippen molar-refractivity contribution in [3.05, 3.63) is 55.1 Å². The van der Waals surface area contributed by atoms with Gasteiger partial charge in [-0.2, -0.15) is 0 Å². The summed E-state index contributed by atoms with van der Waals surface area (Å²) in [5.74, 6) is 0.506. The molecule has 0 saturated heterocycles. The van der Waals surface area contributed by atoms with Crippen molar-refractivity contribution in [1.82, 2.24) is 0 Å². The van der Waals surface area contributed by atoms with Gasteiger partial charge in [0.25, 0.3) is 10.0 Å². The summed E-state index contributed by atoms with van der Waals surface area (Å²) >= 11 is 0. The number of carbonyl (C=O) groups excluding carboxylic acids is 1. The van der Waals surface area contributed by atoms with Crippen LogP contribution in [0.15, 0.2) is 60.0 Å². The van der Waals surface area contributed by atoms with Crippen LogP contribution in [0.4, 0.5) is 5.69 Å². The lowest BCUT2D eigenvalue weighted by Crippen LogP contribution is -2.36. The van der Waals surface area contributed by atoms with Crippen LogP contribution >= 0.6 is 0 Å². The SMILES string of the molecule is C=CCOc1ccc(N(CC(=O)OCC)S(=O)(=O)c2ccc(OC)c(OC)c2)cc1. The number of rotatable bonds is 11. The van der Waals surface area contributed by atoms with Gasteiger partial charge in [-0.15, -0.1) is 0 Å². The van der Waals surface area contributed by atoms with Gasteiger partial charge in [-0.05, 0) is 43.3 Å². The normalized spacial score (nSPS) is 10.8. The van der Waals surface area contributed by atoms with E-state index in [2.05, 4.69) is 6.58 Å². The first-order valence-electron chi connectivity index (χ1n) is 9.11. The third-order valence-electron chi connectivity index (χ3n) is 4.01. The van der Waals surface area contributed by atoms with Crippen molar-refractivity contribution in [2.75, 3.05) is 38.3 Å². The predicted molar refractivity (Wildman–Crippen MR) is 113 cm³/mol. The minimum absolute atomic E-state index is 0.0589. The van der Waals surface area contributed by atoms with Crippen molar-refractivity contribution in [2.45, 2.75) is 11.8 Å². The molecule has 0 atom stereocenters. The summed E-state index contributed by atoms with van der Waals surface area (Å²) in [6, 6.07) is 10.5. The molecule has 0 saturated carbocycles. The zero-order chi connectivity index (χ0) is 22.1. The molecule has 0 heterocycles. The van der Waals surface area contributed by atoms with E-state index in [-0.39, 0.29) is 22.9 Å². The van der Waals surface area contributed by atoms with Crippen molar-refractivity contribution in [2.24, 2.45) is 0 Å². The minimum atomic E-state index is -4.11. The predicted octanol–water partition coefficient (Wildman–Crippen LogP) is 3.03. The molecule has 0 aliphatic carbocycles. The van der Waals surface area contributed by atoms with Crippen LogP contribution in [0.3, 0.4) is 0 Å². The number of nitrogens with zero attached hydrogens (tertiary/aromatic N) is 1. The van der Waals surface area contributed by atoms with Gasteiger partial charge in [0.1, 0.15) is 18.9 Å². The summed E-state index contributed by atoms with van der Waals surface area (Å²) in [4.78, 5) is 12.1. The maximum atomic E-state index is 13.4. The van der Waals surface area contributed by atoms with Gasteiger partial charge in [0.2, 0.25) is 0 Å². The van der Waals surface area contributed by atoms with Crippen LogP contribution in [0.2, 0.25) is 0 Å². The van der Waals surface area contributed by atoms with E-state index >= 15 is 0 Å². The fourth-order valence-electron chi connectivity index (χ4n) is 2.61. The second-order valence-electron chi connectivity index (χ2n) is 5.93. The van der Waals surface area contributed by atoms with E-state index in [0.717, 1.165) is 4.31 Å². The van der Waals surface area contributed by atoms with E-state index in [0.29, 0.717) is 18.1 Å². The van der Waals surface area contributed by atoms with Crippen LogP contribution in [0.5, 0.6) is 17.2 Å². The zero-order valence-corrected chi connectivity index (χ0v) is 18.0. The third kappa shape index (κ3) is 5.44. The molecule has 0 fully saturated rings. The Kier molecular flexibility index (Phi) is 8.11. The quantitative estimate of drug-likeness (QED) is 0.396. The number of esters is 1. The molecule has 2 rings (SSSR count). The highest BCUT2D eigenvalue weighted by Crippen LogP contribution is 2.32. The molecule has 30 heavy (non-hydrogen) atoms. The van der Waals surface area contributed by atoms with E-state index in [1.807, 2.05) is 0 Å². The number of carbonyl (C=O) groups is 1. The Bertz CT molecular complexity index is 971. The van der Waals surface area contributed by atoms with E-state index in [9.17, 15) is 13.2 Å². The van der Waals surface area contributed by atoms with Gasteiger partial charge >= 0.3 is 5.97 Å². The molecule has 0 aromatic heterocycles. The molecule has 0 bridgehead atoms. The molecule has 9 heteroatoms. The lowest BCUT2D eigenvalue weighted by molar-refractivity contribution is -0.141. The van der Waals surface area contributed by atoms with Crippen molar-refractivity contribution < 1.29 is 32.2 Å². The number of hydrogen-bond donors (Lipinski definition) is 0. The number of methoxy groups -OCH3 is 2. The second-order valence-corrected chi connectivity index (χ2v) is 7.79. The average molecular weight is 435 g/mol. The maximum absolute atomic E-state index is 13.4. The summed E-state index contributed by atoms with van der Waals surface area (Å²) in [6.45, 7) is 5.19. The first kappa shape index (κ1) is 23.1. The lowest BCUT2D eigenvalue weighted by atomic mass is 10.3. The summed E-state index contributed by atoms with van der Waals surface area (Å²) in [7, 11) is -1.25. The molecule has 8 nitrogen and oxygen atoms in total. The summed E-state index contributed by atoms with van der Waals surface area (Å²) in [5, 5.41) is 0. The molecule has 0 aliphatic rings. The number of ether oxygens (including phenoxy) is 4. The largest absolute Gasteiger partial charge is 0.493 e. The Balaban J connectivity index is 2.47. The average Bonchev–Trinajstić information content (AvgIpc) is 2.76. The second kappa shape index (κ2) is 10.5. The Labute approximate surface area is 176 Å². The van der Waals surface area contributed by atoms with Gasteiger partial charge in [0.05, 0.1) is 31.4 Å². The van der Waals surface area contributed by atoms with E-state index < -0.39 is 22.5 Å². The molecular weight excluding hydrogens is 410 g/mol. The van der Waals surface area contributed by atoms with Gasteiger partial charge in [-0.3, -0.25) is 9.10 Å². The Morgan fingerprint density at radius 3 is 2.30 bits per heavy atom. The molecule has 0 aliphatic heterocycles. The molecule has 0 radical (unpaired) electrons. The highest BCUT2D eigenvalue weighted by Gasteiger charge is 2.29. The number of sulfonamides is 1. The monoisotopic (exact) mass is 435 g/mol. The fraction of sp³-hybridized carbons (Fsp3) is 0.286. The molecule has 0 amide bonds. The van der Waals surface area contributed by atoms with Crippen molar-refractivity contribution in [1.29, 1.82) is 0 Å². The van der Waals surface area contributed by atoms with Crippen LogP contribution in [0.1, 0.15) is 6.92 Å². The van der Waals surface area contributed by atoms with Crippen molar-refractivity contribution in [3.63, 3.8) is 0 Å². The number of anilines is 1. The number of benzene rings is 2. The van der Waals surface area contributed by atoms with Gasteiger partial charge in [-0.1, -0.05) is 12.7 Å². The Hall–Kier alpha value is -3.20. The van der Waals surface area contributed by atoms with Crippen molar-refractivity contribution in [3.8, 4) is 17.2 Å². The van der Waals surface area contributed by atoms with Gasteiger partial charge in [-0.25, -0.2) is 8.42 Å². The van der Waals surface area contributed by atoms with Crippen LogP contribution in [0, 0.1) is 0 Å². The Morgan fingerprint density at radius 1 is 1.07 bits per heavy atom. The fourth-order valence-corrected chi connectivity index (χ4v) is 4.03. The molecule has 0 unspecified atom stereocenters. The van der Waals surface area contributed by atoms with Gasteiger partial charge < -0.3 is 18.9 Å². The van der Waals surface area contributed by atoms with E-state index in [1.165, 1.54) is 32.4 Å². The highest BCUT2D eigenvalue weighted by atomic mass is 32.2. The minimum Gasteiger partial charge on any atom is -0.493 e. The standard InChI is InChI=1S/C21H25NO7S/c1-5-13-29-17-9-7-16(8-10-17)22(15-21(23)28-6-2)30(24,25)18-11-12-19(26-3)20(14-18)27-4/h5,7-12,14H,1,6,13,15H2,2-4H3. The molecule has 2 aromatic rings. The van der Waals surface area contributed by atoms with E-state index in [4.69, 9.17) is 18.9 Å². The Morgan fingerprint density at radius 2 is 1.73 bits per heavy atom. The summed E-state index contributed by atoms with van der Waals surface area (Å²) in [6.07, 6.45) is 1.60.